The van der Waals surface area contributed by atoms with E-state index in [9.17, 15) is 0 Å². The van der Waals surface area contributed by atoms with Crippen LogP contribution < -0.4 is 9.13 Å². The predicted octanol–water partition coefficient (Wildman–Crippen LogP) is 1.62. The SMILES string of the molecule is Cc1cc[n+](C)c(-c2cc(C)cc[n+]2C)c1. The van der Waals surface area contributed by atoms with Crippen LogP contribution in [0.25, 0.3) is 11.4 Å². The fraction of sp³-hybridized carbons (Fsp3) is 0.286. The molecule has 0 saturated carbocycles. The highest BCUT2D eigenvalue weighted by Crippen LogP contribution is 2.12. The molecule has 0 aliphatic heterocycles. The summed E-state index contributed by atoms with van der Waals surface area (Å²) in [6.45, 7) is 4.25. The van der Waals surface area contributed by atoms with Crippen LogP contribution >= 0.6 is 0 Å². The first-order valence-electron chi connectivity index (χ1n) is 5.51. The average molecular weight is 214 g/mol. The van der Waals surface area contributed by atoms with Gasteiger partial charge in [-0.15, -0.1) is 0 Å². The normalized spacial score (nSPS) is 10.5. The van der Waals surface area contributed by atoms with Gasteiger partial charge in [-0.05, 0) is 25.0 Å². The Hall–Kier alpha value is -1.70. The molecule has 0 aromatic carbocycles. The molecule has 0 bridgehead atoms. The van der Waals surface area contributed by atoms with Gasteiger partial charge in [0.05, 0.1) is 0 Å². The van der Waals surface area contributed by atoms with Gasteiger partial charge < -0.3 is 0 Å². The van der Waals surface area contributed by atoms with E-state index in [2.05, 4.69) is 73.7 Å². The van der Waals surface area contributed by atoms with Crippen LogP contribution in [0.5, 0.6) is 0 Å². The molecule has 0 fully saturated rings. The van der Waals surface area contributed by atoms with Crippen molar-refractivity contribution in [2.24, 2.45) is 14.1 Å². The average Bonchev–Trinajstić information content (AvgIpc) is 2.25. The molecule has 2 heteroatoms. The number of hydrogen-bond acceptors (Lipinski definition) is 0. The molecule has 0 aliphatic carbocycles. The van der Waals surface area contributed by atoms with Crippen LogP contribution in [0.3, 0.4) is 0 Å². The monoisotopic (exact) mass is 214 g/mol. The fourth-order valence-electron chi connectivity index (χ4n) is 1.86. The van der Waals surface area contributed by atoms with E-state index in [1.165, 1.54) is 22.5 Å². The van der Waals surface area contributed by atoms with E-state index >= 15 is 0 Å². The maximum absolute atomic E-state index is 2.22. The zero-order valence-electron chi connectivity index (χ0n) is 10.4. The number of aromatic nitrogens is 2. The van der Waals surface area contributed by atoms with Crippen molar-refractivity contribution in [3.8, 4) is 11.4 Å². The van der Waals surface area contributed by atoms with Gasteiger partial charge in [-0.2, -0.15) is 9.13 Å². The van der Waals surface area contributed by atoms with Crippen molar-refractivity contribution in [1.82, 2.24) is 0 Å². The Bertz CT molecular complexity index is 481. The minimum absolute atomic E-state index is 1.24. The van der Waals surface area contributed by atoms with Gasteiger partial charge in [0.2, 0.25) is 0 Å². The Labute approximate surface area is 96.8 Å². The van der Waals surface area contributed by atoms with Crippen molar-refractivity contribution >= 4 is 0 Å². The maximum atomic E-state index is 2.22. The molecular formula is C14H18N2+2. The van der Waals surface area contributed by atoms with Gasteiger partial charge in [-0.1, -0.05) is 0 Å². The summed E-state index contributed by atoms with van der Waals surface area (Å²) >= 11 is 0. The summed E-state index contributed by atoms with van der Waals surface area (Å²) in [5.74, 6) is 0. The van der Waals surface area contributed by atoms with E-state index < -0.39 is 0 Å². The van der Waals surface area contributed by atoms with Gasteiger partial charge in [0.1, 0.15) is 14.1 Å². The molecule has 0 amide bonds. The quantitative estimate of drug-likeness (QED) is 0.637. The first-order valence-corrected chi connectivity index (χ1v) is 5.51. The van der Waals surface area contributed by atoms with Crippen LogP contribution in [0.4, 0.5) is 0 Å². The number of rotatable bonds is 1. The minimum atomic E-state index is 1.24. The van der Waals surface area contributed by atoms with Crippen LogP contribution in [0.15, 0.2) is 36.7 Å². The van der Waals surface area contributed by atoms with Crippen molar-refractivity contribution in [1.29, 1.82) is 0 Å². The first kappa shape index (κ1) is 10.8. The molecule has 2 aromatic heterocycles. The standard InChI is InChI=1S/C14H18N2/c1-11-5-7-15(3)13(9-11)14-10-12(2)6-8-16(14)4/h5-10H,1-4H3/q+2. The van der Waals surface area contributed by atoms with Gasteiger partial charge in [0.15, 0.2) is 12.4 Å². The summed E-state index contributed by atoms with van der Waals surface area (Å²) in [7, 11) is 4.16. The van der Waals surface area contributed by atoms with Crippen LogP contribution in [0.2, 0.25) is 0 Å². The first-order chi connectivity index (χ1) is 7.58. The minimum Gasteiger partial charge on any atom is -0.196 e. The van der Waals surface area contributed by atoms with E-state index in [-0.39, 0.29) is 0 Å². The predicted molar refractivity (Wildman–Crippen MR) is 63.7 cm³/mol. The second-order valence-electron chi connectivity index (χ2n) is 4.40. The van der Waals surface area contributed by atoms with Crippen molar-refractivity contribution in [3.05, 3.63) is 47.8 Å². The zero-order valence-corrected chi connectivity index (χ0v) is 10.4. The third kappa shape index (κ3) is 1.96. The topological polar surface area (TPSA) is 7.76 Å². The summed E-state index contributed by atoms with van der Waals surface area (Å²) < 4.78 is 4.31. The Morgan fingerprint density at radius 3 is 1.50 bits per heavy atom. The Morgan fingerprint density at radius 2 is 1.12 bits per heavy atom. The van der Waals surface area contributed by atoms with Crippen molar-refractivity contribution in [3.63, 3.8) is 0 Å². The largest absolute Gasteiger partial charge is 0.277 e. The number of hydrogen-bond donors (Lipinski definition) is 0. The van der Waals surface area contributed by atoms with E-state index in [4.69, 9.17) is 0 Å². The molecular weight excluding hydrogens is 196 g/mol. The van der Waals surface area contributed by atoms with E-state index in [0.717, 1.165) is 0 Å². The van der Waals surface area contributed by atoms with Crippen LogP contribution in [0.1, 0.15) is 11.1 Å². The molecule has 0 radical (unpaired) electrons. The Morgan fingerprint density at radius 1 is 0.750 bits per heavy atom. The second-order valence-corrected chi connectivity index (χ2v) is 4.40. The zero-order chi connectivity index (χ0) is 11.7. The second kappa shape index (κ2) is 4.05. The molecule has 2 nitrogen and oxygen atoms in total. The molecule has 16 heavy (non-hydrogen) atoms. The molecule has 0 saturated heterocycles. The van der Waals surface area contributed by atoms with Crippen molar-refractivity contribution in [2.45, 2.75) is 13.8 Å². The molecule has 0 N–H and O–H groups in total. The maximum Gasteiger partial charge on any atom is 0.277 e. The lowest BCUT2D eigenvalue weighted by molar-refractivity contribution is -0.690. The summed E-state index contributed by atoms with van der Waals surface area (Å²) in [5.41, 5.74) is 5.06. The van der Waals surface area contributed by atoms with Crippen LogP contribution in [-0.2, 0) is 14.1 Å². The van der Waals surface area contributed by atoms with Gasteiger partial charge >= 0.3 is 0 Å². The van der Waals surface area contributed by atoms with E-state index in [1.54, 1.807) is 0 Å². The lowest BCUT2D eigenvalue weighted by Crippen LogP contribution is -2.38. The van der Waals surface area contributed by atoms with Crippen molar-refractivity contribution < 1.29 is 9.13 Å². The third-order valence-electron chi connectivity index (χ3n) is 2.87. The smallest absolute Gasteiger partial charge is 0.196 e. The van der Waals surface area contributed by atoms with Crippen LogP contribution in [0, 0.1) is 13.8 Å². The number of aryl methyl sites for hydroxylation is 4. The molecule has 2 aromatic rings. The van der Waals surface area contributed by atoms with Crippen molar-refractivity contribution in [2.75, 3.05) is 0 Å². The molecule has 82 valence electrons. The molecule has 0 atom stereocenters. The molecule has 0 unspecified atom stereocenters. The fourth-order valence-corrected chi connectivity index (χ4v) is 1.86. The van der Waals surface area contributed by atoms with Gasteiger partial charge in [0.25, 0.3) is 11.4 Å². The lowest BCUT2D eigenvalue weighted by atomic mass is 10.1. The number of nitrogens with zero attached hydrogens (tertiary/aromatic N) is 2. The molecule has 0 aliphatic rings. The summed E-state index contributed by atoms with van der Waals surface area (Å²) in [6, 6.07) is 8.68. The van der Waals surface area contributed by atoms with E-state index in [1.807, 2.05) is 0 Å². The Kier molecular flexibility index (Phi) is 2.73. The van der Waals surface area contributed by atoms with Gasteiger partial charge in [0, 0.05) is 24.3 Å². The van der Waals surface area contributed by atoms with Crippen LogP contribution in [-0.4, -0.2) is 0 Å². The molecule has 0 spiro atoms. The highest BCUT2D eigenvalue weighted by atomic mass is 15.0. The summed E-state index contributed by atoms with van der Waals surface area (Å²) in [4.78, 5) is 0. The summed E-state index contributed by atoms with van der Waals surface area (Å²) in [5, 5.41) is 0. The van der Waals surface area contributed by atoms with Gasteiger partial charge in [-0.25, -0.2) is 0 Å². The highest BCUT2D eigenvalue weighted by Gasteiger charge is 2.18. The highest BCUT2D eigenvalue weighted by molar-refractivity contribution is 5.48. The lowest BCUT2D eigenvalue weighted by Gasteiger charge is -2.01. The summed E-state index contributed by atoms with van der Waals surface area (Å²) in [6.07, 6.45) is 4.21. The molecule has 2 heterocycles. The van der Waals surface area contributed by atoms with Gasteiger partial charge in [-0.3, -0.25) is 0 Å². The Balaban J connectivity index is 2.66. The molecule has 2 rings (SSSR count). The number of pyridine rings is 2. The van der Waals surface area contributed by atoms with E-state index in [0.29, 0.717) is 0 Å². The third-order valence-corrected chi connectivity index (χ3v) is 2.87.